The molecule has 0 saturated carbocycles. The second kappa shape index (κ2) is 10.4. The average Bonchev–Trinajstić information content (AvgIpc) is 2.42. The van der Waals surface area contributed by atoms with E-state index in [2.05, 4.69) is 30.6 Å². The van der Waals surface area contributed by atoms with Gasteiger partial charge in [0.25, 0.3) is 0 Å². The molecule has 0 aromatic heterocycles. The summed E-state index contributed by atoms with van der Waals surface area (Å²) in [6.45, 7) is 8.35. The smallest absolute Gasteiger partial charge is 0.0716 e. The molecule has 2 nitrogen and oxygen atoms in total. The van der Waals surface area contributed by atoms with Gasteiger partial charge in [-0.05, 0) is 12.8 Å². The van der Waals surface area contributed by atoms with Gasteiger partial charge in [-0.2, -0.15) is 0 Å². The van der Waals surface area contributed by atoms with Gasteiger partial charge in [-0.1, -0.05) is 45.5 Å². The Morgan fingerprint density at radius 3 is 2.50 bits per heavy atom. The summed E-state index contributed by atoms with van der Waals surface area (Å²) in [5, 5.41) is 0. The van der Waals surface area contributed by atoms with Crippen molar-refractivity contribution < 1.29 is 4.74 Å². The molecule has 18 heavy (non-hydrogen) atoms. The molecule has 104 valence electrons. The Kier molecular flexibility index (Phi) is 8.98. The van der Waals surface area contributed by atoms with Gasteiger partial charge < -0.3 is 4.74 Å². The Morgan fingerprint density at radius 1 is 1.06 bits per heavy atom. The van der Waals surface area contributed by atoms with E-state index in [0.29, 0.717) is 6.04 Å². The minimum absolute atomic E-state index is 0.463. The number of hydrogen-bond acceptors (Lipinski definition) is 2. The number of morpholine rings is 1. The van der Waals surface area contributed by atoms with Crippen molar-refractivity contribution in [3.05, 3.63) is 0 Å². The van der Waals surface area contributed by atoms with E-state index in [4.69, 9.17) is 4.74 Å². The summed E-state index contributed by atoms with van der Waals surface area (Å²) in [6.07, 6.45) is 8.74. The van der Waals surface area contributed by atoms with Crippen LogP contribution in [0.2, 0.25) is 0 Å². The highest BCUT2D eigenvalue weighted by atomic mass is 16.5. The lowest BCUT2D eigenvalue weighted by Crippen LogP contribution is -2.42. The number of unbranched alkanes of at least 4 members (excludes halogenated alkanes) is 4. The molecule has 1 rings (SSSR count). The van der Waals surface area contributed by atoms with Crippen molar-refractivity contribution in [1.82, 2.24) is 4.90 Å². The first-order valence-electron chi connectivity index (χ1n) is 7.68. The van der Waals surface area contributed by atoms with Gasteiger partial charge in [-0.15, -0.1) is 5.92 Å². The van der Waals surface area contributed by atoms with Crippen LogP contribution in [-0.2, 0) is 4.74 Å². The zero-order valence-electron chi connectivity index (χ0n) is 12.2. The van der Waals surface area contributed by atoms with Gasteiger partial charge >= 0.3 is 0 Å². The average molecular weight is 251 g/mol. The largest absolute Gasteiger partial charge is 0.379 e. The number of hydrogen-bond donors (Lipinski definition) is 0. The van der Waals surface area contributed by atoms with Crippen LogP contribution in [0, 0.1) is 11.8 Å². The zero-order valence-corrected chi connectivity index (χ0v) is 12.2. The van der Waals surface area contributed by atoms with Crippen LogP contribution in [0.25, 0.3) is 0 Å². The third-order valence-corrected chi connectivity index (χ3v) is 3.47. The molecule has 1 unspecified atom stereocenters. The second-order valence-corrected chi connectivity index (χ2v) is 5.08. The topological polar surface area (TPSA) is 12.5 Å². The molecule has 0 aliphatic carbocycles. The van der Waals surface area contributed by atoms with Crippen molar-refractivity contribution in [2.24, 2.45) is 0 Å². The van der Waals surface area contributed by atoms with E-state index in [9.17, 15) is 0 Å². The fraction of sp³-hybridized carbons (Fsp3) is 0.875. The molecule has 2 heteroatoms. The van der Waals surface area contributed by atoms with Crippen molar-refractivity contribution in [2.45, 2.75) is 64.8 Å². The maximum Gasteiger partial charge on any atom is 0.0716 e. The van der Waals surface area contributed by atoms with Gasteiger partial charge in [0.2, 0.25) is 0 Å². The van der Waals surface area contributed by atoms with Gasteiger partial charge in [-0.3, -0.25) is 4.90 Å². The molecule has 1 aliphatic heterocycles. The summed E-state index contributed by atoms with van der Waals surface area (Å²) in [6, 6.07) is 0.463. The molecule has 0 radical (unpaired) electrons. The van der Waals surface area contributed by atoms with Crippen LogP contribution in [0.3, 0.4) is 0 Å². The lowest BCUT2D eigenvalue weighted by Gasteiger charge is -2.31. The maximum atomic E-state index is 5.41. The predicted molar refractivity (Wildman–Crippen MR) is 77.6 cm³/mol. The highest BCUT2D eigenvalue weighted by Gasteiger charge is 2.17. The lowest BCUT2D eigenvalue weighted by molar-refractivity contribution is 0.0258. The molecule has 0 spiro atoms. The fourth-order valence-electron chi connectivity index (χ4n) is 2.34. The normalized spacial score (nSPS) is 18.1. The Bertz CT molecular complexity index is 248. The maximum absolute atomic E-state index is 5.41. The van der Waals surface area contributed by atoms with E-state index in [1.54, 1.807) is 0 Å². The summed E-state index contributed by atoms with van der Waals surface area (Å²) in [4.78, 5) is 2.49. The van der Waals surface area contributed by atoms with Crippen LogP contribution in [-0.4, -0.2) is 37.2 Å². The summed E-state index contributed by atoms with van der Waals surface area (Å²) >= 11 is 0. The minimum Gasteiger partial charge on any atom is -0.379 e. The van der Waals surface area contributed by atoms with Crippen molar-refractivity contribution >= 4 is 0 Å². The Morgan fingerprint density at radius 2 is 1.83 bits per heavy atom. The molecule has 1 atom stereocenters. The van der Waals surface area contributed by atoms with Gasteiger partial charge in [-0.25, -0.2) is 0 Å². The first-order chi connectivity index (χ1) is 8.88. The van der Waals surface area contributed by atoms with Crippen LogP contribution in [0.5, 0.6) is 0 Å². The molecule has 1 aliphatic rings. The number of ether oxygens (including phenoxy) is 1. The van der Waals surface area contributed by atoms with Crippen LogP contribution >= 0.6 is 0 Å². The first kappa shape index (κ1) is 15.5. The summed E-state index contributed by atoms with van der Waals surface area (Å²) in [7, 11) is 0. The molecule has 1 fully saturated rings. The predicted octanol–water partition coefficient (Wildman–Crippen LogP) is 3.46. The fourth-order valence-corrected chi connectivity index (χ4v) is 2.34. The number of rotatable bonds is 7. The van der Waals surface area contributed by atoms with Crippen LogP contribution in [0.15, 0.2) is 0 Å². The van der Waals surface area contributed by atoms with E-state index in [-0.39, 0.29) is 0 Å². The molecule has 1 heterocycles. The molecular weight excluding hydrogens is 222 g/mol. The quantitative estimate of drug-likeness (QED) is 0.507. The minimum atomic E-state index is 0.463. The second-order valence-electron chi connectivity index (χ2n) is 5.08. The van der Waals surface area contributed by atoms with Gasteiger partial charge in [0.1, 0.15) is 0 Å². The molecular formula is C16H29NO. The molecule has 0 amide bonds. The Hall–Kier alpha value is -0.520. The van der Waals surface area contributed by atoms with Gasteiger partial charge in [0, 0.05) is 19.5 Å². The van der Waals surface area contributed by atoms with Gasteiger partial charge in [0.05, 0.1) is 19.3 Å². The Balaban J connectivity index is 2.29. The molecule has 0 aromatic rings. The molecule has 0 N–H and O–H groups in total. The van der Waals surface area contributed by atoms with E-state index in [0.717, 1.165) is 32.7 Å². The summed E-state index contributed by atoms with van der Waals surface area (Å²) in [5.41, 5.74) is 0. The van der Waals surface area contributed by atoms with Crippen molar-refractivity contribution in [1.29, 1.82) is 0 Å². The van der Waals surface area contributed by atoms with E-state index in [1.807, 2.05) is 0 Å². The monoisotopic (exact) mass is 251 g/mol. The van der Waals surface area contributed by atoms with Crippen LogP contribution in [0.4, 0.5) is 0 Å². The van der Waals surface area contributed by atoms with Crippen molar-refractivity contribution in [3.8, 4) is 11.8 Å². The number of nitrogens with zero attached hydrogens (tertiary/aromatic N) is 1. The van der Waals surface area contributed by atoms with E-state index < -0.39 is 0 Å². The third kappa shape index (κ3) is 6.42. The summed E-state index contributed by atoms with van der Waals surface area (Å²) in [5.74, 6) is 6.88. The van der Waals surface area contributed by atoms with E-state index in [1.165, 1.54) is 38.5 Å². The van der Waals surface area contributed by atoms with Crippen molar-refractivity contribution in [3.63, 3.8) is 0 Å². The van der Waals surface area contributed by atoms with Crippen LogP contribution < -0.4 is 0 Å². The van der Waals surface area contributed by atoms with Crippen LogP contribution in [0.1, 0.15) is 58.8 Å². The zero-order chi connectivity index (χ0) is 13.1. The highest BCUT2D eigenvalue weighted by molar-refractivity contribution is 5.08. The van der Waals surface area contributed by atoms with Gasteiger partial charge in [0.15, 0.2) is 0 Å². The SMILES string of the molecule is CCCCCCC#CC(CCC)N1CCOCC1. The first-order valence-corrected chi connectivity index (χ1v) is 7.68. The Labute approximate surface area is 113 Å². The lowest BCUT2D eigenvalue weighted by atomic mass is 10.1. The molecule has 1 saturated heterocycles. The highest BCUT2D eigenvalue weighted by Crippen LogP contribution is 2.09. The molecule has 0 aromatic carbocycles. The van der Waals surface area contributed by atoms with Crippen molar-refractivity contribution in [2.75, 3.05) is 26.3 Å². The standard InChI is InChI=1S/C16H29NO/c1-3-5-6-7-8-9-11-16(10-4-2)17-12-14-18-15-13-17/h16H,3-8,10,12-15H2,1-2H3. The third-order valence-electron chi connectivity index (χ3n) is 3.47. The van der Waals surface area contributed by atoms with E-state index >= 15 is 0 Å². The summed E-state index contributed by atoms with van der Waals surface area (Å²) < 4.78 is 5.41. The molecule has 0 bridgehead atoms.